The summed E-state index contributed by atoms with van der Waals surface area (Å²) in [5.41, 5.74) is 3.44. The maximum Gasteiger partial charge on any atom is 0.251 e. The molecule has 0 aliphatic carbocycles. The average molecular weight is 363 g/mol. The number of hydrogen-bond acceptors (Lipinski definition) is 2. The monoisotopic (exact) mass is 362 g/mol. The Bertz CT molecular complexity index is 742. The van der Waals surface area contributed by atoms with Gasteiger partial charge in [-0.1, -0.05) is 54.1 Å². The van der Waals surface area contributed by atoms with Crippen molar-refractivity contribution in [2.45, 2.75) is 39.2 Å². The van der Waals surface area contributed by atoms with Crippen LogP contribution in [0.1, 0.15) is 32.3 Å². The van der Waals surface area contributed by atoms with E-state index in [1.54, 1.807) is 6.08 Å². The van der Waals surface area contributed by atoms with E-state index in [2.05, 4.69) is 35.2 Å². The normalized spacial score (nSPS) is 15.3. The number of amides is 1. The average Bonchev–Trinajstić information content (AvgIpc) is 2.69. The van der Waals surface area contributed by atoms with E-state index in [0.29, 0.717) is 0 Å². The van der Waals surface area contributed by atoms with Crippen LogP contribution in [0.2, 0.25) is 0 Å². The fourth-order valence-electron chi connectivity index (χ4n) is 3.76. The molecule has 1 saturated heterocycles. The second-order valence-electron chi connectivity index (χ2n) is 7.57. The number of carbonyl (C=O) groups excluding carboxylic acids is 1. The minimum atomic E-state index is 0.101. The highest BCUT2D eigenvalue weighted by molar-refractivity contribution is 6.02. The van der Waals surface area contributed by atoms with Gasteiger partial charge in [0.25, 0.3) is 5.91 Å². The first-order valence-corrected chi connectivity index (χ1v) is 9.93. The number of carbonyl (C=O) groups is 1. The minimum Gasteiger partial charge on any atom is -0.306 e. The third-order valence-electron chi connectivity index (χ3n) is 5.17. The van der Waals surface area contributed by atoms with Gasteiger partial charge in [0, 0.05) is 37.4 Å². The number of anilines is 1. The molecule has 1 aliphatic heterocycles. The Kier molecular flexibility index (Phi) is 6.83. The standard InChI is InChI=1S/C24H30N2O/c1-20(2)19-24(27)26(22-11-7-4-8-12-22)23-14-17-25(18-15-23)16-13-21-9-5-3-6-10-21/h3-12,19,23H,13-18H2,1-2H3. The second kappa shape index (κ2) is 9.52. The number of benzene rings is 2. The number of allylic oxidation sites excluding steroid dienone is 1. The molecular formula is C24H30N2O. The van der Waals surface area contributed by atoms with E-state index in [4.69, 9.17) is 0 Å². The molecule has 0 atom stereocenters. The lowest BCUT2D eigenvalue weighted by Gasteiger charge is -2.38. The molecule has 3 rings (SSSR count). The molecule has 0 unspecified atom stereocenters. The highest BCUT2D eigenvalue weighted by Crippen LogP contribution is 2.24. The summed E-state index contributed by atoms with van der Waals surface area (Å²) < 4.78 is 0. The Hall–Kier alpha value is -2.39. The largest absolute Gasteiger partial charge is 0.306 e. The van der Waals surface area contributed by atoms with E-state index in [-0.39, 0.29) is 11.9 Å². The number of rotatable bonds is 6. The van der Waals surface area contributed by atoms with Crippen LogP contribution in [0, 0.1) is 0 Å². The smallest absolute Gasteiger partial charge is 0.251 e. The highest BCUT2D eigenvalue weighted by atomic mass is 16.2. The Labute approximate surface area is 163 Å². The molecule has 3 nitrogen and oxygen atoms in total. The van der Waals surface area contributed by atoms with Crippen LogP contribution in [0.4, 0.5) is 5.69 Å². The molecule has 0 spiro atoms. The summed E-state index contributed by atoms with van der Waals surface area (Å²) in [5.74, 6) is 0.101. The van der Waals surface area contributed by atoms with Crippen LogP contribution in [-0.2, 0) is 11.2 Å². The van der Waals surface area contributed by atoms with Crippen LogP contribution in [0.15, 0.2) is 72.3 Å². The highest BCUT2D eigenvalue weighted by Gasteiger charge is 2.28. The summed E-state index contributed by atoms with van der Waals surface area (Å²) in [4.78, 5) is 17.4. The maximum atomic E-state index is 12.9. The van der Waals surface area contributed by atoms with Crippen LogP contribution >= 0.6 is 0 Å². The Morgan fingerprint density at radius 3 is 2.19 bits per heavy atom. The van der Waals surface area contributed by atoms with E-state index in [1.807, 2.05) is 49.1 Å². The molecule has 2 aromatic rings. The van der Waals surface area contributed by atoms with E-state index in [1.165, 1.54) is 5.56 Å². The third-order valence-corrected chi connectivity index (χ3v) is 5.17. The van der Waals surface area contributed by atoms with Gasteiger partial charge in [-0.05, 0) is 50.8 Å². The molecule has 0 radical (unpaired) electrons. The van der Waals surface area contributed by atoms with Crippen molar-refractivity contribution in [2.75, 3.05) is 24.5 Å². The minimum absolute atomic E-state index is 0.101. The maximum absolute atomic E-state index is 12.9. The van der Waals surface area contributed by atoms with Gasteiger partial charge in [0.1, 0.15) is 0 Å². The predicted molar refractivity (Wildman–Crippen MR) is 113 cm³/mol. The molecular weight excluding hydrogens is 332 g/mol. The first-order valence-electron chi connectivity index (χ1n) is 9.93. The van der Waals surface area contributed by atoms with Crippen molar-refractivity contribution in [3.05, 3.63) is 77.9 Å². The molecule has 0 N–H and O–H groups in total. The molecule has 3 heteroatoms. The van der Waals surface area contributed by atoms with Crippen molar-refractivity contribution in [1.82, 2.24) is 4.90 Å². The first kappa shape index (κ1) is 19.4. The summed E-state index contributed by atoms with van der Waals surface area (Å²) in [7, 11) is 0. The van der Waals surface area contributed by atoms with Gasteiger partial charge in [-0.15, -0.1) is 0 Å². The molecule has 0 saturated carbocycles. The van der Waals surface area contributed by atoms with Gasteiger partial charge in [-0.3, -0.25) is 4.79 Å². The SMILES string of the molecule is CC(C)=CC(=O)N(c1ccccc1)C1CCN(CCc2ccccc2)CC1. The van der Waals surface area contributed by atoms with E-state index >= 15 is 0 Å². The Morgan fingerprint density at radius 1 is 1.00 bits per heavy atom. The number of likely N-dealkylation sites (tertiary alicyclic amines) is 1. The molecule has 0 aromatic heterocycles. The second-order valence-corrected chi connectivity index (χ2v) is 7.57. The predicted octanol–water partition coefficient (Wildman–Crippen LogP) is 4.69. The Morgan fingerprint density at radius 2 is 1.59 bits per heavy atom. The summed E-state index contributed by atoms with van der Waals surface area (Å²) in [6.07, 6.45) is 4.89. The summed E-state index contributed by atoms with van der Waals surface area (Å²) in [6.45, 7) is 7.14. The summed E-state index contributed by atoms with van der Waals surface area (Å²) in [6, 6.07) is 21.0. The van der Waals surface area contributed by atoms with Gasteiger partial charge in [-0.25, -0.2) is 0 Å². The van der Waals surface area contributed by atoms with Crippen molar-refractivity contribution in [3.8, 4) is 0 Å². The summed E-state index contributed by atoms with van der Waals surface area (Å²) >= 11 is 0. The molecule has 1 amide bonds. The number of nitrogens with zero attached hydrogens (tertiary/aromatic N) is 2. The molecule has 1 fully saturated rings. The van der Waals surface area contributed by atoms with Crippen LogP contribution in [0.5, 0.6) is 0 Å². The van der Waals surface area contributed by atoms with Crippen molar-refractivity contribution >= 4 is 11.6 Å². The van der Waals surface area contributed by atoms with Gasteiger partial charge in [0.05, 0.1) is 0 Å². The number of piperidine rings is 1. The lowest BCUT2D eigenvalue weighted by atomic mass is 10.0. The molecule has 2 aromatic carbocycles. The van der Waals surface area contributed by atoms with Gasteiger partial charge in [-0.2, -0.15) is 0 Å². The third kappa shape index (κ3) is 5.54. The fraction of sp³-hybridized carbons (Fsp3) is 0.375. The lowest BCUT2D eigenvalue weighted by Crippen LogP contribution is -2.47. The number of hydrogen-bond donors (Lipinski definition) is 0. The fourth-order valence-corrected chi connectivity index (χ4v) is 3.76. The van der Waals surface area contributed by atoms with E-state index in [0.717, 1.165) is 50.2 Å². The van der Waals surface area contributed by atoms with Crippen LogP contribution in [-0.4, -0.2) is 36.5 Å². The zero-order valence-electron chi connectivity index (χ0n) is 16.5. The van der Waals surface area contributed by atoms with Crippen LogP contribution in [0.25, 0.3) is 0 Å². The first-order chi connectivity index (χ1) is 13.1. The van der Waals surface area contributed by atoms with Crippen molar-refractivity contribution in [3.63, 3.8) is 0 Å². The van der Waals surface area contributed by atoms with Gasteiger partial charge >= 0.3 is 0 Å². The summed E-state index contributed by atoms with van der Waals surface area (Å²) in [5, 5.41) is 0. The van der Waals surface area contributed by atoms with Crippen LogP contribution < -0.4 is 4.90 Å². The zero-order chi connectivity index (χ0) is 19.1. The van der Waals surface area contributed by atoms with Crippen molar-refractivity contribution in [1.29, 1.82) is 0 Å². The molecule has 142 valence electrons. The number of para-hydroxylation sites is 1. The molecule has 1 heterocycles. The van der Waals surface area contributed by atoms with Gasteiger partial charge in [0.2, 0.25) is 0 Å². The van der Waals surface area contributed by atoms with E-state index in [9.17, 15) is 4.79 Å². The topological polar surface area (TPSA) is 23.6 Å². The Balaban J connectivity index is 1.62. The quantitative estimate of drug-likeness (QED) is 0.696. The molecule has 0 bridgehead atoms. The van der Waals surface area contributed by atoms with E-state index < -0.39 is 0 Å². The van der Waals surface area contributed by atoms with Gasteiger partial charge < -0.3 is 9.80 Å². The van der Waals surface area contributed by atoms with Crippen molar-refractivity contribution < 1.29 is 4.79 Å². The lowest BCUT2D eigenvalue weighted by molar-refractivity contribution is -0.114. The van der Waals surface area contributed by atoms with Gasteiger partial charge in [0.15, 0.2) is 0 Å². The zero-order valence-corrected chi connectivity index (χ0v) is 16.5. The van der Waals surface area contributed by atoms with Crippen molar-refractivity contribution in [2.24, 2.45) is 0 Å². The van der Waals surface area contributed by atoms with Crippen LogP contribution in [0.3, 0.4) is 0 Å². The molecule has 27 heavy (non-hydrogen) atoms. The molecule has 1 aliphatic rings.